The number of amides is 3. The van der Waals surface area contributed by atoms with Gasteiger partial charge in [-0.3, -0.25) is 29.0 Å². The molecule has 0 bridgehead atoms. The Kier molecular flexibility index (Phi) is 5.01. The summed E-state index contributed by atoms with van der Waals surface area (Å²) in [6.07, 6.45) is 4.19. The summed E-state index contributed by atoms with van der Waals surface area (Å²) in [5, 5.41) is 12.4. The minimum atomic E-state index is -0.499. The Bertz CT molecular complexity index is 886. The number of aryl methyl sites for hydroxylation is 1. The molecule has 0 spiro atoms. The van der Waals surface area contributed by atoms with Crippen molar-refractivity contribution in [3.8, 4) is 0 Å². The zero-order valence-corrected chi connectivity index (χ0v) is 14.2. The van der Waals surface area contributed by atoms with Crippen LogP contribution in [0.4, 0.5) is 0 Å². The summed E-state index contributed by atoms with van der Waals surface area (Å²) in [6, 6.07) is 0. The molecular formula is C15H18N6O4. The van der Waals surface area contributed by atoms with E-state index in [1.54, 1.807) is 0 Å². The first-order valence-electron chi connectivity index (χ1n) is 7.30. The van der Waals surface area contributed by atoms with Gasteiger partial charge in [0.15, 0.2) is 5.71 Å². The minimum Gasteiger partial charge on any atom is -0.354 e. The monoisotopic (exact) mass is 346 g/mol. The van der Waals surface area contributed by atoms with Gasteiger partial charge in [0.05, 0.1) is 11.1 Å². The van der Waals surface area contributed by atoms with E-state index in [0.29, 0.717) is 0 Å². The standard InChI is InChI=1S/C15H18N6O4/c1-16-12(22)10-8(14(24)20(3)18-10)6-5-7-9-11(13(23)17-2)19-21(4)15(9)25/h5-7,18H,1-4H3,(H,16,22)(H,17,23)/b6-5+,9-7-. The number of H-pyrrole nitrogens is 1. The lowest BCUT2D eigenvalue weighted by atomic mass is 10.1. The van der Waals surface area contributed by atoms with Gasteiger partial charge in [0.2, 0.25) is 0 Å². The summed E-state index contributed by atoms with van der Waals surface area (Å²) < 4.78 is 1.17. The minimum absolute atomic E-state index is 0.0202. The molecule has 1 aliphatic rings. The Morgan fingerprint density at radius 3 is 2.36 bits per heavy atom. The molecule has 2 rings (SSSR count). The summed E-state index contributed by atoms with van der Waals surface area (Å²) in [7, 11) is 5.79. The highest BCUT2D eigenvalue weighted by Gasteiger charge is 2.31. The molecule has 25 heavy (non-hydrogen) atoms. The highest BCUT2D eigenvalue weighted by atomic mass is 16.2. The second kappa shape index (κ2) is 6.99. The zero-order chi connectivity index (χ0) is 18.7. The lowest BCUT2D eigenvalue weighted by Gasteiger charge is -2.00. The number of carbonyl (C=O) groups excluding carboxylic acids is 3. The number of rotatable bonds is 4. The average molecular weight is 346 g/mol. The van der Waals surface area contributed by atoms with Gasteiger partial charge in [-0.05, 0) is 12.2 Å². The van der Waals surface area contributed by atoms with Crippen molar-refractivity contribution >= 4 is 29.5 Å². The van der Waals surface area contributed by atoms with Crippen LogP contribution in [-0.4, -0.2) is 59.4 Å². The number of aromatic nitrogens is 2. The van der Waals surface area contributed by atoms with Gasteiger partial charge in [-0.25, -0.2) is 5.01 Å². The van der Waals surface area contributed by atoms with Crippen LogP contribution in [-0.2, 0) is 16.6 Å². The van der Waals surface area contributed by atoms with Gasteiger partial charge in [0, 0.05) is 28.2 Å². The second-order valence-electron chi connectivity index (χ2n) is 5.14. The van der Waals surface area contributed by atoms with Gasteiger partial charge in [-0.2, -0.15) is 5.10 Å². The fourth-order valence-corrected chi connectivity index (χ4v) is 2.22. The van der Waals surface area contributed by atoms with Gasteiger partial charge < -0.3 is 10.6 Å². The molecule has 10 heteroatoms. The van der Waals surface area contributed by atoms with Gasteiger partial charge in [0.1, 0.15) is 5.69 Å². The van der Waals surface area contributed by atoms with Gasteiger partial charge in [-0.1, -0.05) is 6.08 Å². The SMILES string of the molecule is CNC(=O)C1=NN(C)C(=O)/C1=C\C=C\c1c(C(=O)NC)[nH]n(C)c1=O. The third-order valence-corrected chi connectivity index (χ3v) is 3.54. The van der Waals surface area contributed by atoms with Crippen LogP contribution < -0.4 is 16.2 Å². The predicted molar refractivity (Wildman–Crippen MR) is 90.8 cm³/mol. The van der Waals surface area contributed by atoms with Crippen LogP contribution in [0.5, 0.6) is 0 Å². The zero-order valence-electron chi connectivity index (χ0n) is 14.2. The number of hydrogen-bond donors (Lipinski definition) is 3. The Labute approximate surface area is 142 Å². The van der Waals surface area contributed by atoms with E-state index in [2.05, 4.69) is 20.8 Å². The molecule has 3 N–H and O–H groups in total. The number of hydrogen-bond acceptors (Lipinski definition) is 5. The molecule has 1 aliphatic heterocycles. The third-order valence-electron chi connectivity index (χ3n) is 3.54. The smallest absolute Gasteiger partial charge is 0.276 e. The first-order chi connectivity index (χ1) is 11.8. The van der Waals surface area contributed by atoms with Crippen LogP contribution in [0.25, 0.3) is 6.08 Å². The molecule has 0 radical (unpaired) electrons. The second-order valence-corrected chi connectivity index (χ2v) is 5.14. The number of aromatic amines is 1. The van der Waals surface area contributed by atoms with E-state index in [1.807, 2.05) is 0 Å². The van der Waals surface area contributed by atoms with Crippen molar-refractivity contribution in [3.05, 3.63) is 39.3 Å². The van der Waals surface area contributed by atoms with Crippen molar-refractivity contribution < 1.29 is 14.4 Å². The lowest BCUT2D eigenvalue weighted by Crippen LogP contribution is -2.28. The average Bonchev–Trinajstić information content (AvgIpc) is 3.05. The van der Waals surface area contributed by atoms with Gasteiger partial charge in [-0.15, -0.1) is 0 Å². The first-order valence-corrected chi connectivity index (χ1v) is 7.30. The Hall–Kier alpha value is -3.43. The molecule has 1 aromatic heterocycles. The van der Waals surface area contributed by atoms with E-state index in [4.69, 9.17) is 0 Å². The number of nitrogens with zero attached hydrogens (tertiary/aromatic N) is 3. The highest BCUT2D eigenvalue weighted by molar-refractivity contribution is 6.52. The molecule has 2 heterocycles. The predicted octanol–water partition coefficient (Wildman–Crippen LogP) is -1.41. The van der Waals surface area contributed by atoms with Crippen LogP contribution in [0, 0.1) is 0 Å². The summed E-state index contributed by atoms with van der Waals surface area (Å²) in [4.78, 5) is 47.8. The molecule has 1 aromatic rings. The molecular weight excluding hydrogens is 328 g/mol. The van der Waals surface area contributed by atoms with E-state index < -0.39 is 23.3 Å². The van der Waals surface area contributed by atoms with Crippen LogP contribution in [0.1, 0.15) is 16.1 Å². The molecule has 3 amide bonds. The fraction of sp³-hybridized carbons (Fsp3) is 0.267. The number of carbonyl (C=O) groups is 3. The number of likely N-dealkylation sites (N-methyl/N-ethyl adjacent to an activating group) is 1. The van der Waals surface area contributed by atoms with Crippen LogP contribution >= 0.6 is 0 Å². The van der Waals surface area contributed by atoms with Gasteiger partial charge >= 0.3 is 0 Å². The van der Waals surface area contributed by atoms with Crippen molar-refractivity contribution in [3.63, 3.8) is 0 Å². The Morgan fingerprint density at radius 1 is 1.12 bits per heavy atom. The fourth-order valence-electron chi connectivity index (χ4n) is 2.22. The van der Waals surface area contributed by atoms with Crippen molar-refractivity contribution in [2.24, 2.45) is 12.1 Å². The van der Waals surface area contributed by atoms with Crippen molar-refractivity contribution in [2.45, 2.75) is 0 Å². The molecule has 0 unspecified atom stereocenters. The molecule has 0 saturated heterocycles. The van der Waals surface area contributed by atoms with E-state index in [9.17, 15) is 19.2 Å². The molecule has 0 aliphatic carbocycles. The maximum absolute atomic E-state index is 12.1. The largest absolute Gasteiger partial charge is 0.354 e. The van der Waals surface area contributed by atoms with E-state index in [-0.39, 0.29) is 22.5 Å². The summed E-state index contributed by atoms with van der Waals surface area (Å²) in [5.74, 6) is -1.40. The number of allylic oxidation sites excluding steroid dienone is 2. The summed E-state index contributed by atoms with van der Waals surface area (Å²) in [6.45, 7) is 0. The maximum atomic E-state index is 12.1. The third kappa shape index (κ3) is 3.27. The quantitative estimate of drug-likeness (QED) is 0.578. The molecule has 0 atom stereocenters. The highest BCUT2D eigenvalue weighted by Crippen LogP contribution is 2.14. The Balaban J connectivity index is 2.40. The topological polar surface area (TPSA) is 129 Å². The van der Waals surface area contributed by atoms with Crippen LogP contribution in [0.2, 0.25) is 0 Å². The molecule has 0 fully saturated rings. The van der Waals surface area contributed by atoms with Gasteiger partial charge in [0.25, 0.3) is 23.3 Å². The molecule has 10 nitrogen and oxygen atoms in total. The normalized spacial score (nSPS) is 15.8. The van der Waals surface area contributed by atoms with E-state index in [1.165, 1.54) is 51.1 Å². The van der Waals surface area contributed by atoms with Crippen LogP contribution in [0.15, 0.2) is 27.6 Å². The maximum Gasteiger partial charge on any atom is 0.276 e. The number of hydrazone groups is 1. The lowest BCUT2D eigenvalue weighted by molar-refractivity contribution is -0.124. The van der Waals surface area contributed by atoms with Crippen LogP contribution in [0.3, 0.4) is 0 Å². The summed E-state index contributed by atoms with van der Waals surface area (Å²) >= 11 is 0. The Morgan fingerprint density at radius 2 is 1.76 bits per heavy atom. The first kappa shape index (κ1) is 17.9. The molecule has 132 valence electrons. The van der Waals surface area contributed by atoms with E-state index in [0.717, 1.165) is 5.01 Å². The van der Waals surface area contributed by atoms with Crippen molar-refractivity contribution in [1.29, 1.82) is 0 Å². The molecule has 0 aromatic carbocycles. The summed E-state index contributed by atoms with van der Waals surface area (Å²) in [5.41, 5.74) is -0.0981. The number of nitrogens with one attached hydrogen (secondary N) is 3. The van der Waals surface area contributed by atoms with E-state index >= 15 is 0 Å². The van der Waals surface area contributed by atoms with Crippen molar-refractivity contribution in [1.82, 2.24) is 25.4 Å². The van der Waals surface area contributed by atoms with Crippen molar-refractivity contribution in [2.75, 3.05) is 21.1 Å². The molecule has 0 saturated carbocycles.